The predicted octanol–water partition coefficient (Wildman–Crippen LogP) is 0.741. The van der Waals surface area contributed by atoms with Crippen molar-refractivity contribution in [3.05, 3.63) is 36.0 Å². The van der Waals surface area contributed by atoms with E-state index in [4.69, 9.17) is 5.73 Å². The molecule has 3 aromatic rings. The Labute approximate surface area is 140 Å². The highest BCUT2D eigenvalue weighted by molar-refractivity contribution is 5.49. The van der Waals surface area contributed by atoms with Gasteiger partial charge in [0, 0.05) is 50.1 Å². The molecule has 4 heterocycles. The average Bonchev–Trinajstić information content (AvgIpc) is 3.26. The summed E-state index contributed by atoms with van der Waals surface area (Å²) in [4.78, 5) is 11.1. The second-order valence-electron chi connectivity index (χ2n) is 6.45. The van der Waals surface area contributed by atoms with Gasteiger partial charge in [-0.05, 0) is 12.0 Å². The number of nitrogens with zero attached hydrogens (tertiary/aromatic N) is 7. The fraction of sp³-hybridized carbons (Fsp3) is 0.500. The van der Waals surface area contributed by atoms with E-state index in [-0.39, 0.29) is 12.0 Å². The Morgan fingerprint density at radius 3 is 2.92 bits per heavy atom. The van der Waals surface area contributed by atoms with Gasteiger partial charge >= 0.3 is 0 Å². The van der Waals surface area contributed by atoms with Crippen LogP contribution in [-0.4, -0.2) is 48.5 Å². The minimum atomic E-state index is 0.0653. The highest BCUT2D eigenvalue weighted by Crippen LogP contribution is 2.30. The molecule has 2 atom stereocenters. The Hall–Kier alpha value is -2.48. The van der Waals surface area contributed by atoms with Gasteiger partial charge in [-0.15, -0.1) is 0 Å². The molecule has 0 aromatic carbocycles. The zero-order valence-electron chi connectivity index (χ0n) is 14.0. The van der Waals surface area contributed by atoms with Crippen LogP contribution in [0.5, 0.6) is 0 Å². The molecule has 1 saturated heterocycles. The lowest BCUT2D eigenvalue weighted by molar-refractivity contribution is 0.652. The number of aryl methyl sites for hydroxylation is 2. The van der Waals surface area contributed by atoms with Crippen LogP contribution in [0.2, 0.25) is 0 Å². The summed E-state index contributed by atoms with van der Waals surface area (Å²) in [6, 6.07) is 2.18. The molecular weight excluding hydrogens is 304 g/mol. The van der Waals surface area contributed by atoms with Crippen LogP contribution in [0, 0.1) is 0 Å². The molecule has 4 rings (SSSR count). The third-order valence-electron chi connectivity index (χ3n) is 4.63. The second-order valence-corrected chi connectivity index (χ2v) is 6.45. The molecule has 2 N–H and O–H groups in total. The van der Waals surface area contributed by atoms with Gasteiger partial charge in [-0.3, -0.25) is 4.68 Å². The molecule has 0 amide bonds. The lowest BCUT2D eigenvalue weighted by Gasteiger charge is -2.19. The molecular formula is C16H22N8. The number of hydrogen-bond acceptors (Lipinski definition) is 6. The van der Waals surface area contributed by atoms with E-state index in [0.29, 0.717) is 5.78 Å². The van der Waals surface area contributed by atoms with E-state index >= 15 is 0 Å². The Balaban J connectivity index is 1.69. The number of nitrogens with two attached hydrogens (primary N) is 1. The van der Waals surface area contributed by atoms with Crippen LogP contribution in [0.15, 0.2) is 24.8 Å². The summed E-state index contributed by atoms with van der Waals surface area (Å²) < 4.78 is 3.63. The zero-order chi connectivity index (χ0) is 16.7. The van der Waals surface area contributed by atoms with Crippen molar-refractivity contribution in [3.63, 3.8) is 0 Å². The Bertz CT molecular complexity index is 851. The third-order valence-corrected chi connectivity index (χ3v) is 4.63. The van der Waals surface area contributed by atoms with E-state index in [1.807, 2.05) is 24.1 Å². The van der Waals surface area contributed by atoms with Crippen molar-refractivity contribution in [1.29, 1.82) is 0 Å². The van der Waals surface area contributed by atoms with E-state index in [1.54, 1.807) is 10.8 Å². The normalized spacial score (nSPS) is 21.0. The number of hydrogen-bond donors (Lipinski definition) is 1. The van der Waals surface area contributed by atoms with E-state index in [0.717, 1.165) is 37.4 Å². The molecule has 3 aromatic heterocycles. The maximum Gasteiger partial charge on any atom is 0.254 e. The van der Waals surface area contributed by atoms with Crippen molar-refractivity contribution in [2.24, 2.45) is 12.8 Å². The SMILES string of the molecule is CCCc1cc(N2C[C@@H](N)[C@H](c3cnn(C)c3)C2)n2ncnc2n1. The lowest BCUT2D eigenvalue weighted by atomic mass is 9.98. The highest BCUT2D eigenvalue weighted by atomic mass is 15.4. The summed E-state index contributed by atoms with van der Waals surface area (Å²) in [7, 11) is 1.93. The first kappa shape index (κ1) is 15.1. The van der Waals surface area contributed by atoms with Crippen molar-refractivity contribution in [2.75, 3.05) is 18.0 Å². The van der Waals surface area contributed by atoms with Gasteiger partial charge in [0.25, 0.3) is 5.78 Å². The standard InChI is InChI=1S/C16H22N8/c1-3-4-12-5-15(24-16(21-12)18-10-20-24)23-8-13(14(17)9-23)11-6-19-22(2)7-11/h5-7,10,13-14H,3-4,8-9,17H2,1-2H3/t13-,14+/m0/s1. The van der Waals surface area contributed by atoms with Crippen LogP contribution >= 0.6 is 0 Å². The van der Waals surface area contributed by atoms with Crippen LogP contribution in [-0.2, 0) is 13.5 Å². The zero-order valence-corrected chi connectivity index (χ0v) is 14.0. The predicted molar refractivity (Wildman–Crippen MR) is 90.9 cm³/mol. The minimum Gasteiger partial charge on any atom is -0.354 e. The molecule has 0 radical (unpaired) electrons. The van der Waals surface area contributed by atoms with Crippen molar-refractivity contribution >= 4 is 11.6 Å². The molecule has 0 unspecified atom stereocenters. The highest BCUT2D eigenvalue weighted by Gasteiger charge is 2.33. The van der Waals surface area contributed by atoms with E-state index in [2.05, 4.69) is 38.1 Å². The molecule has 0 aliphatic carbocycles. The fourth-order valence-corrected chi connectivity index (χ4v) is 3.45. The van der Waals surface area contributed by atoms with Gasteiger partial charge < -0.3 is 10.6 Å². The Morgan fingerprint density at radius 2 is 2.17 bits per heavy atom. The molecule has 126 valence electrons. The first-order valence-corrected chi connectivity index (χ1v) is 8.34. The van der Waals surface area contributed by atoms with Crippen molar-refractivity contribution in [2.45, 2.75) is 31.7 Å². The fourth-order valence-electron chi connectivity index (χ4n) is 3.45. The summed E-state index contributed by atoms with van der Waals surface area (Å²) in [6.45, 7) is 3.78. The number of aromatic nitrogens is 6. The van der Waals surface area contributed by atoms with Crippen LogP contribution in [0.25, 0.3) is 5.78 Å². The molecule has 1 aliphatic heterocycles. The Kier molecular flexibility index (Phi) is 3.68. The lowest BCUT2D eigenvalue weighted by Crippen LogP contribution is -2.29. The number of rotatable bonds is 4. The first-order valence-electron chi connectivity index (χ1n) is 8.34. The van der Waals surface area contributed by atoms with Gasteiger partial charge in [0.1, 0.15) is 12.1 Å². The number of anilines is 1. The van der Waals surface area contributed by atoms with E-state index < -0.39 is 0 Å². The van der Waals surface area contributed by atoms with Crippen LogP contribution < -0.4 is 10.6 Å². The first-order chi connectivity index (χ1) is 11.7. The van der Waals surface area contributed by atoms with Crippen molar-refractivity contribution < 1.29 is 0 Å². The molecule has 0 spiro atoms. The van der Waals surface area contributed by atoms with Crippen LogP contribution in [0.1, 0.15) is 30.5 Å². The van der Waals surface area contributed by atoms with Gasteiger partial charge in [-0.25, -0.2) is 4.98 Å². The summed E-state index contributed by atoms with van der Waals surface area (Å²) in [5, 5.41) is 8.61. The van der Waals surface area contributed by atoms with Crippen LogP contribution in [0.3, 0.4) is 0 Å². The maximum atomic E-state index is 6.42. The van der Waals surface area contributed by atoms with Crippen LogP contribution in [0.4, 0.5) is 5.82 Å². The topological polar surface area (TPSA) is 90.2 Å². The quantitative estimate of drug-likeness (QED) is 0.760. The summed E-state index contributed by atoms with van der Waals surface area (Å²) in [5.41, 5.74) is 8.66. The monoisotopic (exact) mass is 326 g/mol. The molecule has 1 aliphatic rings. The third kappa shape index (κ3) is 2.52. The van der Waals surface area contributed by atoms with Gasteiger partial charge in [0.05, 0.1) is 6.20 Å². The van der Waals surface area contributed by atoms with Crippen molar-refractivity contribution in [3.8, 4) is 0 Å². The molecule has 0 saturated carbocycles. The van der Waals surface area contributed by atoms with Crippen molar-refractivity contribution in [1.82, 2.24) is 29.4 Å². The minimum absolute atomic E-state index is 0.0653. The maximum absolute atomic E-state index is 6.42. The van der Waals surface area contributed by atoms with E-state index in [1.165, 1.54) is 5.56 Å². The van der Waals surface area contributed by atoms with Gasteiger partial charge in [-0.1, -0.05) is 13.3 Å². The molecule has 8 nitrogen and oxygen atoms in total. The largest absolute Gasteiger partial charge is 0.354 e. The smallest absolute Gasteiger partial charge is 0.254 e. The van der Waals surface area contributed by atoms with Gasteiger partial charge in [0.15, 0.2) is 0 Å². The summed E-state index contributed by atoms with van der Waals surface area (Å²) in [5.74, 6) is 1.93. The van der Waals surface area contributed by atoms with E-state index in [9.17, 15) is 0 Å². The van der Waals surface area contributed by atoms with Gasteiger partial charge in [0.2, 0.25) is 0 Å². The second kappa shape index (κ2) is 5.86. The molecule has 0 bridgehead atoms. The Morgan fingerprint density at radius 1 is 1.29 bits per heavy atom. The molecule has 8 heteroatoms. The molecule has 24 heavy (non-hydrogen) atoms. The molecule has 1 fully saturated rings. The van der Waals surface area contributed by atoms with Gasteiger partial charge in [-0.2, -0.15) is 19.7 Å². The summed E-state index contributed by atoms with van der Waals surface area (Å²) >= 11 is 0. The number of fused-ring (bicyclic) bond motifs is 1. The summed E-state index contributed by atoms with van der Waals surface area (Å²) in [6.07, 6.45) is 7.50. The average molecular weight is 326 g/mol.